The highest BCUT2D eigenvalue weighted by Crippen LogP contribution is 2.35. The van der Waals surface area contributed by atoms with Gasteiger partial charge in [-0.3, -0.25) is 4.79 Å². The number of H-pyrrole nitrogens is 1. The van der Waals surface area contributed by atoms with Gasteiger partial charge in [0.1, 0.15) is 11.6 Å². The van der Waals surface area contributed by atoms with Gasteiger partial charge in [0.15, 0.2) is 16.7 Å². The number of benzene rings is 1. The SMILES string of the molecule is COc1c(Cl)ccc(-c2nc(SC)[nH]c(=O)c2C#N)c1F. The minimum atomic E-state index is -0.772. The van der Waals surface area contributed by atoms with Crippen molar-refractivity contribution in [2.75, 3.05) is 13.4 Å². The molecule has 5 nitrogen and oxygen atoms in total. The van der Waals surface area contributed by atoms with Crippen molar-refractivity contribution in [1.82, 2.24) is 9.97 Å². The number of hydrogen-bond acceptors (Lipinski definition) is 5. The summed E-state index contributed by atoms with van der Waals surface area (Å²) in [7, 11) is 1.28. The van der Waals surface area contributed by atoms with E-state index in [9.17, 15) is 9.18 Å². The molecule has 2 rings (SSSR count). The van der Waals surface area contributed by atoms with Gasteiger partial charge in [0.2, 0.25) is 0 Å². The quantitative estimate of drug-likeness (QED) is 0.693. The van der Waals surface area contributed by atoms with E-state index in [2.05, 4.69) is 9.97 Å². The van der Waals surface area contributed by atoms with E-state index in [-0.39, 0.29) is 32.7 Å². The normalized spacial score (nSPS) is 10.2. The molecular weight excluding hydrogens is 317 g/mol. The zero-order valence-corrected chi connectivity index (χ0v) is 12.6. The average Bonchev–Trinajstić information content (AvgIpc) is 2.47. The number of aromatic amines is 1. The summed E-state index contributed by atoms with van der Waals surface area (Å²) in [5.41, 5.74) is -0.955. The Morgan fingerprint density at radius 3 is 2.81 bits per heavy atom. The number of aromatic nitrogens is 2. The number of nitrogens with one attached hydrogen (secondary N) is 1. The van der Waals surface area contributed by atoms with Crippen molar-refractivity contribution in [3.8, 4) is 23.1 Å². The Hall–Kier alpha value is -2.04. The first-order chi connectivity index (χ1) is 10.0. The molecule has 21 heavy (non-hydrogen) atoms. The van der Waals surface area contributed by atoms with Crippen molar-refractivity contribution in [2.24, 2.45) is 0 Å². The summed E-state index contributed by atoms with van der Waals surface area (Å²) < 4.78 is 19.3. The Morgan fingerprint density at radius 1 is 1.52 bits per heavy atom. The van der Waals surface area contributed by atoms with Crippen LogP contribution in [0.5, 0.6) is 5.75 Å². The molecule has 108 valence electrons. The number of thioether (sulfide) groups is 1. The fraction of sp³-hybridized carbons (Fsp3) is 0.154. The number of nitrogens with zero attached hydrogens (tertiary/aromatic N) is 2. The van der Waals surface area contributed by atoms with Crippen molar-refractivity contribution in [1.29, 1.82) is 5.26 Å². The Bertz CT molecular complexity index is 801. The van der Waals surface area contributed by atoms with Crippen LogP contribution >= 0.6 is 23.4 Å². The maximum absolute atomic E-state index is 14.4. The fourth-order valence-electron chi connectivity index (χ4n) is 1.75. The molecule has 0 atom stereocenters. The van der Waals surface area contributed by atoms with Crippen molar-refractivity contribution in [2.45, 2.75) is 5.16 Å². The Labute approximate surface area is 128 Å². The molecule has 0 aliphatic carbocycles. The van der Waals surface area contributed by atoms with Crippen LogP contribution in [0.4, 0.5) is 4.39 Å². The first-order valence-electron chi connectivity index (χ1n) is 5.64. The summed E-state index contributed by atoms with van der Waals surface area (Å²) in [6.07, 6.45) is 1.70. The Morgan fingerprint density at radius 2 is 2.24 bits per heavy atom. The van der Waals surface area contributed by atoms with Gasteiger partial charge in [0.25, 0.3) is 5.56 Å². The van der Waals surface area contributed by atoms with Crippen molar-refractivity contribution in [3.63, 3.8) is 0 Å². The van der Waals surface area contributed by atoms with E-state index in [4.69, 9.17) is 21.6 Å². The summed E-state index contributed by atoms with van der Waals surface area (Å²) in [6.45, 7) is 0. The first-order valence-corrected chi connectivity index (χ1v) is 7.24. The monoisotopic (exact) mass is 325 g/mol. The lowest BCUT2D eigenvalue weighted by Crippen LogP contribution is -2.15. The molecule has 0 spiro atoms. The summed E-state index contributed by atoms with van der Waals surface area (Å²) in [5, 5.41) is 9.47. The molecule has 0 saturated heterocycles. The topological polar surface area (TPSA) is 78.8 Å². The first kappa shape index (κ1) is 15.4. The van der Waals surface area contributed by atoms with Crippen LogP contribution in [-0.4, -0.2) is 23.3 Å². The van der Waals surface area contributed by atoms with Crippen LogP contribution < -0.4 is 10.3 Å². The maximum Gasteiger partial charge on any atom is 0.270 e. The second-order valence-electron chi connectivity index (χ2n) is 3.85. The molecule has 0 amide bonds. The van der Waals surface area contributed by atoms with Gasteiger partial charge in [-0.2, -0.15) is 5.26 Å². The highest BCUT2D eigenvalue weighted by Gasteiger charge is 2.20. The summed E-state index contributed by atoms with van der Waals surface area (Å²) >= 11 is 7.00. The second kappa shape index (κ2) is 6.16. The van der Waals surface area contributed by atoms with Gasteiger partial charge in [-0.05, 0) is 18.4 Å². The molecular formula is C13H9ClFN3O2S. The van der Waals surface area contributed by atoms with E-state index in [1.165, 1.54) is 31.0 Å². The highest BCUT2D eigenvalue weighted by atomic mass is 35.5. The van der Waals surface area contributed by atoms with Gasteiger partial charge in [0.05, 0.1) is 17.8 Å². The minimum Gasteiger partial charge on any atom is -0.492 e. The molecule has 0 unspecified atom stereocenters. The van der Waals surface area contributed by atoms with Gasteiger partial charge >= 0.3 is 0 Å². The molecule has 0 aliphatic rings. The number of methoxy groups -OCH3 is 1. The third-order valence-electron chi connectivity index (χ3n) is 2.71. The molecule has 2 aromatic rings. The molecule has 1 aromatic heterocycles. The molecule has 0 fully saturated rings. The maximum atomic E-state index is 14.4. The second-order valence-corrected chi connectivity index (χ2v) is 5.05. The standard InChI is InChI=1S/C13H9ClFN3O2S/c1-20-11-8(14)4-3-6(9(11)15)10-7(5-16)12(19)18-13(17-10)21-2/h3-4H,1-2H3,(H,17,18,19). The smallest absolute Gasteiger partial charge is 0.270 e. The minimum absolute atomic E-state index is 0.0193. The Balaban J connectivity index is 2.82. The predicted octanol–water partition coefficient (Wildman–Crippen LogP) is 2.83. The van der Waals surface area contributed by atoms with E-state index >= 15 is 0 Å². The number of nitriles is 1. The molecule has 0 radical (unpaired) electrons. The van der Waals surface area contributed by atoms with Crippen LogP contribution in [0.3, 0.4) is 0 Å². The fourth-order valence-corrected chi connectivity index (χ4v) is 2.35. The number of rotatable bonds is 3. The molecule has 8 heteroatoms. The lowest BCUT2D eigenvalue weighted by atomic mass is 10.1. The van der Waals surface area contributed by atoms with Gasteiger partial charge < -0.3 is 9.72 Å². The zero-order valence-electron chi connectivity index (χ0n) is 11.0. The predicted molar refractivity (Wildman–Crippen MR) is 78.3 cm³/mol. The third kappa shape index (κ3) is 2.73. The van der Waals surface area contributed by atoms with E-state index in [1.54, 1.807) is 12.3 Å². The number of ether oxygens (including phenoxy) is 1. The lowest BCUT2D eigenvalue weighted by Gasteiger charge is -2.10. The molecule has 0 aliphatic heterocycles. The van der Waals surface area contributed by atoms with E-state index < -0.39 is 11.4 Å². The Kier molecular flexibility index (Phi) is 4.50. The van der Waals surface area contributed by atoms with E-state index in [0.717, 1.165) is 0 Å². The largest absolute Gasteiger partial charge is 0.492 e. The van der Waals surface area contributed by atoms with E-state index in [1.807, 2.05) is 0 Å². The summed E-state index contributed by atoms with van der Waals surface area (Å²) in [5.74, 6) is -0.933. The van der Waals surface area contributed by atoms with Gasteiger partial charge in [-0.25, -0.2) is 9.37 Å². The summed E-state index contributed by atoms with van der Waals surface area (Å²) in [6, 6.07) is 4.51. The molecule has 1 heterocycles. The van der Waals surface area contributed by atoms with Crippen molar-refractivity contribution < 1.29 is 9.13 Å². The molecule has 1 aromatic carbocycles. The average molecular weight is 326 g/mol. The van der Waals surface area contributed by atoms with Crippen molar-refractivity contribution in [3.05, 3.63) is 38.9 Å². The number of hydrogen-bond donors (Lipinski definition) is 1. The van der Waals surface area contributed by atoms with Crippen LogP contribution in [0.1, 0.15) is 5.56 Å². The third-order valence-corrected chi connectivity index (χ3v) is 3.59. The van der Waals surface area contributed by atoms with Crippen LogP contribution in [0, 0.1) is 17.1 Å². The highest BCUT2D eigenvalue weighted by molar-refractivity contribution is 7.98. The molecule has 0 saturated carbocycles. The van der Waals surface area contributed by atoms with Crippen LogP contribution in [-0.2, 0) is 0 Å². The van der Waals surface area contributed by atoms with Gasteiger partial charge in [0, 0.05) is 5.56 Å². The van der Waals surface area contributed by atoms with Gasteiger partial charge in [-0.15, -0.1) is 0 Å². The van der Waals surface area contributed by atoms with E-state index in [0.29, 0.717) is 0 Å². The van der Waals surface area contributed by atoms with Crippen LogP contribution in [0.25, 0.3) is 11.3 Å². The number of halogens is 2. The lowest BCUT2D eigenvalue weighted by molar-refractivity contribution is 0.387. The van der Waals surface area contributed by atoms with Crippen molar-refractivity contribution >= 4 is 23.4 Å². The molecule has 0 bridgehead atoms. The summed E-state index contributed by atoms with van der Waals surface area (Å²) in [4.78, 5) is 18.4. The van der Waals surface area contributed by atoms with Crippen LogP contribution in [0.2, 0.25) is 5.02 Å². The molecule has 1 N–H and O–H groups in total. The van der Waals surface area contributed by atoms with Crippen LogP contribution in [0.15, 0.2) is 22.1 Å². The zero-order chi connectivity index (χ0) is 15.6. The van der Waals surface area contributed by atoms with Gasteiger partial charge in [-0.1, -0.05) is 23.4 Å².